The summed E-state index contributed by atoms with van der Waals surface area (Å²) in [5.41, 5.74) is 5.27. The average molecular weight is 523 g/mol. The van der Waals surface area contributed by atoms with Crippen molar-refractivity contribution in [1.29, 1.82) is 0 Å². The van der Waals surface area contributed by atoms with Crippen molar-refractivity contribution >= 4 is 45.1 Å². The predicted molar refractivity (Wildman–Crippen MR) is 154 cm³/mol. The van der Waals surface area contributed by atoms with Crippen LogP contribution in [-0.4, -0.2) is 33.5 Å². The van der Waals surface area contributed by atoms with Crippen molar-refractivity contribution in [1.82, 2.24) is 15.0 Å². The molecule has 4 aromatic carbocycles. The van der Waals surface area contributed by atoms with Crippen LogP contribution in [0.3, 0.4) is 0 Å². The molecule has 190 valence electrons. The third-order valence-electron chi connectivity index (χ3n) is 6.00. The van der Waals surface area contributed by atoms with Gasteiger partial charge in [0.25, 0.3) is 11.5 Å². The first-order chi connectivity index (χ1) is 18.5. The number of nitrogens with one attached hydrogen (secondary N) is 1. The van der Waals surface area contributed by atoms with Crippen LogP contribution in [0.2, 0.25) is 0 Å². The van der Waals surface area contributed by atoms with E-state index in [0.717, 1.165) is 16.3 Å². The molecular formula is C30H26N4O3S. The fourth-order valence-corrected chi connectivity index (χ4v) is 4.89. The Balaban J connectivity index is 1.36. The second-order valence-corrected chi connectivity index (χ2v) is 9.50. The van der Waals surface area contributed by atoms with Gasteiger partial charge in [0.15, 0.2) is 5.16 Å². The molecule has 0 spiro atoms. The number of para-hydroxylation sites is 1. The Morgan fingerprint density at radius 3 is 2.50 bits per heavy atom. The van der Waals surface area contributed by atoms with E-state index in [1.807, 2.05) is 86.6 Å². The third-order valence-corrected chi connectivity index (χ3v) is 6.94. The van der Waals surface area contributed by atoms with Crippen molar-refractivity contribution in [3.8, 4) is 11.4 Å². The smallest absolute Gasteiger partial charge is 0.266 e. The lowest BCUT2D eigenvalue weighted by Gasteiger charge is -2.13. The molecule has 5 rings (SSSR count). The van der Waals surface area contributed by atoms with Gasteiger partial charge in [0, 0.05) is 0 Å². The van der Waals surface area contributed by atoms with Gasteiger partial charge in [-0.3, -0.25) is 14.2 Å². The number of benzene rings is 4. The maximum absolute atomic E-state index is 13.4. The number of fused-ring (bicyclic) bond motifs is 2. The fraction of sp³-hybridized carbons (Fsp3) is 0.133. The Kier molecular flexibility index (Phi) is 7.51. The maximum atomic E-state index is 13.4. The van der Waals surface area contributed by atoms with E-state index in [1.54, 1.807) is 12.1 Å². The molecule has 38 heavy (non-hydrogen) atoms. The molecule has 1 heterocycles. The van der Waals surface area contributed by atoms with E-state index in [4.69, 9.17) is 9.72 Å². The first-order valence-corrected chi connectivity index (χ1v) is 13.2. The lowest BCUT2D eigenvalue weighted by Crippen LogP contribution is -2.24. The van der Waals surface area contributed by atoms with Crippen molar-refractivity contribution in [3.05, 3.63) is 107 Å². The van der Waals surface area contributed by atoms with Crippen LogP contribution in [-0.2, 0) is 4.79 Å². The van der Waals surface area contributed by atoms with Crippen LogP contribution in [0, 0.1) is 0 Å². The minimum atomic E-state index is -0.296. The molecule has 7 nitrogen and oxygen atoms in total. The molecule has 1 aromatic heterocycles. The molecule has 0 saturated carbocycles. The number of rotatable bonds is 8. The predicted octanol–water partition coefficient (Wildman–Crippen LogP) is 5.57. The quantitative estimate of drug-likeness (QED) is 0.125. The third kappa shape index (κ3) is 5.45. The van der Waals surface area contributed by atoms with Crippen molar-refractivity contribution in [2.24, 2.45) is 5.10 Å². The topological polar surface area (TPSA) is 85.6 Å². The van der Waals surface area contributed by atoms with Gasteiger partial charge in [-0.15, -0.1) is 0 Å². The van der Waals surface area contributed by atoms with Gasteiger partial charge in [-0.05, 0) is 72.6 Å². The Labute approximate surface area is 224 Å². The highest BCUT2D eigenvalue weighted by Crippen LogP contribution is 2.23. The summed E-state index contributed by atoms with van der Waals surface area (Å²) in [6.07, 6.45) is 0. The van der Waals surface area contributed by atoms with E-state index in [1.165, 1.54) is 16.3 Å². The van der Waals surface area contributed by atoms with E-state index in [2.05, 4.69) is 16.6 Å². The second kappa shape index (κ2) is 11.3. The van der Waals surface area contributed by atoms with Crippen LogP contribution < -0.4 is 15.7 Å². The first kappa shape index (κ1) is 25.2. The van der Waals surface area contributed by atoms with Crippen molar-refractivity contribution < 1.29 is 9.53 Å². The maximum Gasteiger partial charge on any atom is 0.266 e. The summed E-state index contributed by atoms with van der Waals surface area (Å²) in [7, 11) is 0. The standard InChI is InChI=1S/C30H26N4O3S/c1-3-37-25-16-14-24(15-17-25)34-29(36)26-10-6-7-11-27(26)31-30(34)38-19-28(35)33-32-20(2)22-13-12-21-8-4-5-9-23(21)18-22/h4-18H,3,19H2,1-2H3,(H,33,35). The molecule has 0 aliphatic heterocycles. The minimum absolute atomic E-state index is 0.0380. The Hall–Kier alpha value is -4.43. The monoisotopic (exact) mass is 522 g/mol. The number of hydrazone groups is 1. The first-order valence-electron chi connectivity index (χ1n) is 12.2. The molecule has 0 unspecified atom stereocenters. The summed E-state index contributed by atoms with van der Waals surface area (Å²) < 4.78 is 7.06. The van der Waals surface area contributed by atoms with Gasteiger partial charge < -0.3 is 4.74 Å². The van der Waals surface area contributed by atoms with E-state index in [-0.39, 0.29) is 17.2 Å². The average Bonchev–Trinajstić information content (AvgIpc) is 2.95. The molecule has 0 radical (unpaired) electrons. The SMILES string of the molecule is CCOc1ccc(-n2c(SCC(=O)NN=C(C)c3ccc4ccccc4c3)nc3ccccc3c2=O)cc1. The van der Waals surface area contributed by atoms with Crippen LogP contribution in [0.4, 0.5) is 0 Å². The van der Waals surface area contributed by atoms with Crippen molar-refractivity contribution in [3.63, 3.8) is 0 Å². The number of hydrogen-bond donors (Lipinski definition) is 1. The zero-order chi connectivity index (χ0) is 26.5. The van der Waals surface area contributed by atoms with E-state index < -0.39 is 0 Å². The van der Waals surface area contributed by atoms with Crippen molar-refractivity contribution in [2.45, 2.75) is 19.0 Å². The van der Waals surface area contributed by atoms with Crippen LogP contribution in [0.15, 0.2) is 106 Å². The molecule has 0 aliphatic carbocycles. The highest BCUT2D eigenvalue weighted by molar-refractivity contribution is 7.99. The number of carbonyl (C=O) groups excluding carboxylic acids is 1. The minimum Gasteiger partial charge on any atom is -0.494 e. The summed E-state index contributed by atoms with van der Waals surface area (Å²) in [6.45, 7) is 4.32. The molecule has 0 atom stereocenters. The molecule has 0 aliphatic rings. The molecule has 0 bridgehead atoms. The Bertz CT molecular complexity index is 1710. The van der Waals surface area contributed by atoms with Crippen molar-refractivity contribution in [2.75, 3.05) is 12.4 Å². The number of nitrogens with zero attached hydrogens (tertiary/aromatic N) is 3. The van der Waals surface area contributed by atoms with Gasteiger partial charge in [-0.1, -0.05) is 60.3 Å². The molecular weight excluding hydrogens is 496 g/mol. The van der Waals surface area contributed by atoms with E-state index in [0.29, 0.717) is 39.8 Å². The van der Waals surface area contributed by atoms with Gasteiger partial charge >= 0.3 is 0 Å². The molecule has 1 amide bonds. The van der Waals surface area contributed by atoms with Gasteiger partial charge in [-0.25, -0.2) is 10.4 Å². The zero-order valence-electron chi connectivity index (χ0n) is 21.0. The van der Waals surface area contributed by atoms with Gasteiger partial charge in [0.05, 0.1) is 34.7 Å². The van der Waals surface area contributed by atoms with E-state index >= 15 is 0 Å². The van der Waals surface area contributed by atoms with Crippen LogP contribution >= 0.6 is 11.8 Å². The largest absolute Gasteiger partial charge is 0.494 e. The molecule has 0 saturated heterocycles. The molecule has 1 N–H and O–H groups in total. The van der Waals surface area contributed by atoms with E-state index in [9.17, 15) is 9.59 Å². The molecule has 5 aromatic rings. The summed E-state index contributed by atoms with van der Waals surface area (Å²) >= 11 is 1.18. The number of amides is 1. The van der Waals surface area contributed by atoms with Gasteiger partial charge in [-0.2, -0.15) is 5.10 Å². The van der Waals surface area contributed by atoms with Crippen LogP contribution in [0.25, 0.3) is 27.4 Å². The summed E-state index contributed by atoms with van der Waals surface area (Å²) in [6, 6.07) is 28.6. The van der Waals surface area contributed by atoms with Gasteiger partial charge in [0.1, 0.15) is 5.75 Å². The van der Waals surface area contributed by atoms with Crippen LogP contribution in [0.1, 0.15) is 19.4 Å². The number of carbonyl (C=O) groups is 1. The van der Waals surface area contributed by atoms with Crippen LogP contribution in [0.5, 0.6) is 5.75 Å². The summed E-state index contributed by atoms with van der Waals surface area (Å²) in [5, 5.41) is 7.47. The molecule has 8 heteroatoms. The Morgan fingerprint density at radius 2 is 1.71 bits per heavy atom. The normalized spacial score (nSPS) is 11.6. The number of ether oxygens (including phenoxy) is 1. The highest BCUT2D eigenvalue weighted by Gasteiger charge is 2.15. The molecule has 0 fully saturated rings. The number of thioether (sulfide) groups is 1. The summed E-state index contributed by atoms with van der Waals surface area (Å²) in [5.74, 6) is 0.457. The number of aromatic nitrogens is 2. The van der Waals surface area contributed by atoms with Gasteiger partial charge in [0.2, 0.25) is 0 Å². The number of hydrogen-bond acceptors (Lipinski definition) is 6. The fourth-order valence-electron chi connectivity index (χ4n) is 4.08. The lowest BCUT2D eigenvalue weighted by molar-refractivity contribution is -0.118. The Morgan fingerprint density at radius 1 is 0.974 bits per heavy atom. The summed E-state index contributed by atoms with van der Waals surface area (Å²) in [4.78, 5) is 30.8. The zero-order valence-corrected chi connectivity index (χ0v) is 21.9. The second-order valence-electron chi connectivity index (χ2n) is 8.56. The highest BCUT2D eigenvalue weighted by atomic mass is 32.2. The lowest BCUT2D eigenvalue weighted by atomic mass is 10.0.